The number of nitrogens with one attached hydrogen (secondary N) is 1. The zero-order valence-electron chi connectivity index (χ0n) is 18.7. The van der Waals surface area contributed by atoms with E-state index in [1.165, 1.54) is 44.5 Å². The van der Waals surface area contributed by atoms with E-state index in [9.17, 15) is 0 Å². The summed E-state index contributed by atoms with van der Waals surface area (Å²) in [6.45, 7) is 4.40. The Labute approximate surface area is 188 Å². The number of methoxy groups -OCH3 is 2. The number of fused-ring (bicyclic) bond motifs is 9. The number of rotatable bonds is 2. The van der Waals surface area contributed by atoms with E-state index in [0.717, 1.165) is 22.9 Å². The van der Waals surface area contributed by atoms with Crippen LogP contribution >= 0.6 is 0 Å². The van der Waals surface area contributed by atoms with Gasteiger partial charge >= 0.3 is 0 Å². The first-order valence-electron chi connectivity index (χ1n) is 10.9. The SMILES string of the molecule is COc1cc2c(cc1OC)C1(c3ccccc3N2)c2ccccc2-c2cc(C)c(C)cc21. The zero-order chi connectivity index (χ0) is 22.0. The van der Waals surface area contributed by atoms with E-state index in [0.29, 0.717) is 0 Å². The van der Waals surface area contributed by atoms with Crippen LogP contribution < -0.4 is 14.8 Å². The molecule has 1 unspecified atom stereocenters. The predicted molar refractivity (Wildman–Crippen MR) is 130 cm³/mol. The van der Waals surface area contributed by atoms with Crippen LogP contribution in [-0.4, -0.2) is 14.2 Å². The molecule has 4 aromatic carbocycles. The third-order valence-corrected chi connectivity index (χ3v) is 7.19. The van der Waals surface area contributed by atoms with E-state index in [1.807, 2.05) is 0 Å². The summed E-state index contributed by atoms with van der Waals surface area (Å²) in [5, 5.41) is 3.67. The molecule has 6 rings (SSSR count). The van der Waals surface area contributed by atoms with Gasteiger partial charge in [0.05, 0.1) is 19.6 Å². The van der Waals surface area contributed by atoms with Crippen LogP contribution in [0, 0.1) is 13.8 Å². The lowest BCUT2D eigenvalue weighted by atomic mass is 9.65. The summed E-state index contributed by atoms with van der Waals surface area (Å²) in [6.07, 6.45) is 0. The number of aryl methyl sites for hydroxylation is 2. The van der Waals surface area contributed by atoms with E-state index in [-0.39, 0.29) is 0 Å². The minimum atomic E-state index is -0.429. The first-order valence-corrected chi connectivity index (χ1v) is 10.9. The Kier molecular flexibility index (Phi) is 3.94. The van der Waals surface area contributed by atoms with Crippen molar-refractivity contribution < 1.29 is 9.47 Å². The molecule has 0 fully saturated rings. The highest BCUT2D eigenvalue weighted by molar-refractivity contribution is 5.93. The van der Waals surface area contributed by atoms with Crippen molar-refractivity contribution in [3.05, 3.63) is 106 Å². The van der Waals surface area contributed by atoms with Crippen molar-refractivity contribution in [1.82, 2.24) is 0 Å². The fraction of sp³-hybridized carbons (Fsp3) is 0.172. The van der Waals surface area contributed by atoms with Gasteiger partial charge in [0, 0.05) is 17.4 Å². The summed E-state index contributed by atoms with van der Waals surface area (Å²) in [5.41, 5.74) is 12.0. The molecule has 1 aliphatic heterocycles. The topological polar surface area (TPSA) is 30.5 Å². The van der Waals surface area contributed by atoms with Crippen LogP contribution in [0.2, 0.25) is 0 Å². The van der Waals surface area contributed by atoms with Crippen LogP contribution in [0.15, 0.2) is 72.8 Å². The third kappa shape index (κ3) is 2.26. The molecular formula is C29H25NO2. The average Bonchev–Trinajstić information content (AvgIpc) is 3.09. The molecule has 1 heterocycles. The van der Waals surface area contributed by atoms with E-state index in [1.54, 1.807) is 14.2 Å². The summed E-state index contributed by atoms with van der Waals surface area (Å²) in [5.74, 6) is 1.46. The van der Waals surface area contributed by atoms with Crippen LogP contribution in [0.5, 0.6) is 11.5 Å². The van der Waals surface area contributed by atoms with Gasteiger partial charge in [-0.25, -0.2) is 0 Å². The molecule has 0 aromatic heterocycles. The van der Waals surface area contributed by atoms with Gasteiger partial charge in [-0.15, -0.1) is 0 Å². The number of hydrogen-bond acceptors (Lipinski definition) is 3. The molecule has 1 spiro atoms. The third-order valence-electron chi connectivity index (χ3n) is 7.19. The molecule has 0 bridgehead atoms. The molecule has 0 saturated carbocycles. The Morgan fingerprint density at radius 1 is 0.594 bits per heavy atom. The van der Waals surface area contributed by atoms with Crippen molar-refractivity contribution in [3.63, 3.8) is 0 Å². The van der Waals surface area contributed by atoms with Gasteiger partial charge in [0.2, 0.25) is 0 Å². The lowest BCUT2D eigenvalue weighted by Gasteiger charge is -2.40. The summed E-state index contributed by atoms with van der Waals surface area (Å²) < 4.78 is 11.4. The van der Waals surface area contributed by atoms with Crippen molar-refractivity contribution in [2.45, 2.75) is 19.3 Å². The lowest BCUT2D eigenvalue weighted by molar-refractivity contribution is 0.354. The minimum absolute atomic E-state index is 0.429. The molecule has 1 atom stereocenters. The highest BCUT2D eigenvalue weighted by atomic mass is 16.5. The van der Waals surface area contributed by atoms with Gasteiger partial charge in [0.25, 0.3) is 0 Å². The van der Waals surface area contributed by atoms with Crippen LogP contribution in [0.25, 0.3) is 11.1 Å². The van der Waals surface area contributed by atoms with Gasteiger partial charge in [-0.3, -0.25) is 0 Å². The largest absolute Gasteiger partial charge is 0.493 e. The molecule has 32 heavy (non-hydrogen) atoms. The second kappa shape index (κ2) is 6.64. The maximum atomic E-state index is 5.76. The first kappa shape index (κ1) is 19.0. The van der Waals surface area contributed by atoms with Gasteiger partial charge in [-0.2, -0.15) is 0 Å². The predicted octanol–water partition coefficient (Wildman–Crippen LogP) is 6.74. The number of anilines is 2. The van der Waals surface area contributed by atoms with Crippen molar-refractivity contribution in [2.75, 3.05) is 19.5 Å². The molecule has 0 radical (unpaired) electrons. The number of ether oxygens (including phenoxy) is 2. The highest BCUT2D eigenvalue weighted by Crippen LogP contribution is 2.62. The minimum Gasteiger partial charge on any atom is -0.493 e. The van der Waals surface area contributed by atoms with Crippen molar-refractivity contribution in [3.8, 4) is 22.6 Å². The van der Waals surface area contributed by atoms with Gasteiger partial charge in [0.15, 0.2) is 11.5 Å². The van der Waals surface area contributed by atoms with E-state index in [4.69, 9.17) is 9.47 Å². The van der Waals surface area contributed by atoms with Crippen molar-refractivity contribution in [2.24, 2.45) is 0 Å². The first-order chi connectivity index (χ1) is 15.6. The highest BCUT2D eigenvalue weighted by Gasteiger charge is 2.50. The standard InChI is InChI=1S/C29H25NO2/c1-17-13-20-19-9-5-6-10-21(19)29(23(20)14-18(17)2)22-11-7-8-12-25(22)30-26-16-28(32-4)27(31-3)15-24(26)29/h5-16,30H,1-4H3. The van der Waals surface area contributed by atoms with Crippen LogP contribution in [0.4, 0.5) is 11.4 Å². The van der Waals surface area contributed by atoms with Crippen LogP contribution in [0.1, 0.15) is 33.4 Å². The van der Waals surface area contributed by atoms with E-state index < -0.39 is 5.41 Å². The summed E-state index contributed by atoms with van der Waals surface area (Å²) in [7, 11) is 3.38. The quantitative estimate of drug-likeness (QED) is 0.337. The summed E-state index contributed by atoms with van der Waals surface area (Å²) in [6, 6.07) is 26.4. The fourth-order valence-electron chi connectivity index (χ4n) is 5.62. The Morgan fingerprint density at radius 2 is 1.25 bits per heavy atom. The molecule has 4 aromatic rings. The maximum Gasteiger partial charge on any atom is 0.162 e. The lowest BCUT2D eigenvalue weighted by Crippen LogP contribution is -2.33. The van der Waals surface area contributed by atoms with Gasteiger partial charge in [0.1, 0.15) is 0 Å². The van der Waals surface area contributed by atoms with Gasteiger partial charge < -0.3 is 14.8 Å². The second-order valence-corrected chi connectivity index (χ2v) is 8.70. The number of benzene rings is 4. The van der Waals surface area contributed by atoms with Gasteiger partial charge in [-0.05, 0) is 70.5 Å². The number of hydrogen-bond donors (Lipinski definition) is 1. The van der Waals surface area contributed by atoms with E-state index in [2.05, 4.69) is 92.0 Å². The zero-order valence-corrected chi connectivity index (χ0v) is 18.7. The normalized spacial score (nSPS) is 17.1. The Hall–Kier alpha value is -3.72. The maximum absolute atomic E-state index is 5.76. The Bertz CT molecular complexity index is 1400. The molecule has 2 aliphatic rings. The molecule has 1 aliphatic carbocycles. The Morgan fingerprint density at radius 3 is 2.03 bits per heavy atom. The van der Waals surface area contributed by atoms with Crippen LogP contribution in [0.3, 0.4) is 0 Å². The molecule has 158 valence electrons. The Balaban J connectivity index is 1.83. The summed E-state index contributed by atoms with van der Waals surface area (Å²) in [4.78, 5) is 0. The fourth-order valence-corrected chi connectivity index (χ4v) is 5.62. The number of para-hydroxylation sites is 1. The molecule has 1 N–H and O–H groups in total. The second-order valence-electron chi connectivity index (χ2n) is 8.70. The van der Waals surface area contributed by atoms with E-state index >= 15 is 0 Å². The monoisotopic (exact) mass is 419 g/mol. The van der Waals surface area contributed by atoms with Crippen molar-refractivity contribution >= 4 is 11.4 Å². The molecular weight excluding hydrogens is 394 g/mol. The molecule has 3 nitrogen and oxygen atoms in total. The van der Waals surface area contributed by atoms with Crippen LogP contribution in [-0.2, 0) is 5.41 Å². The molecule has 0 amide bonds. The molecule has 3 heteroatoms. The van der Waals surface area contributed by atoms with Crippen molar-refractivity contribution in [1.29, 1.82) is 0 Å². The van der Waals surface area contributed by atoms with Gasteiger partial charge in [-0.1, -0.05) is 54.6 Å². The smallest absolute Gasteiger partial charge is 0.162 e. The summed E-state index contributed by atoms with van der Waals surface area (Å²) >= 11 is 0. The average molecular weight is 420 g/mol. The molecule has 0 saturated heterocycles.